The Morgan fingerprint density at radius 3 is 1.68 bits per heavy atom. The van der Waals surface area contributed by atoms with Gasteiger partial charge in [-0.25, -0.2) is 4.39 Å². The number of halogens is 1. The first-order valence-corrected chi connectivity index (χ1v) is 27.2. The first kappa shape index (κ1) is 48.7. The van der Waals surface area contributed by atoms with E-state index in [4.69, 9.17) is 23.1 Å². The lowest BCUT2D eigenvalue weighted by atomic mass is 9.87. The third-order valence-corrected chi connectivity index (χ3v) is 23.9. The summed E-state index contributed by atoms with van der Waals surface area (Å²) in [6.45, 7) is 16.2. The predicted octanol–water partition coefficient (Wildman–Crippen LogP) is 10.5. The molecule has 6 nitrogen and oxygen atoms in total. The number of rotatable bonds is 20. The molecule has 2 fully saturated rings. The highest BCUT2D eigenvalue weighted by atomic mass is 28.4. The van der Waals surface area contributed by atoms with Crippen LogP contribution in [0.25, 0.3) is 0 Å². The SMILES string of the molecule is CCCCC[C@@H](/C=C/[C@@H]1[C@H]2C[C@@](OC)([C@@H](F)CCCC(=O)OC)O[C@H]2C[C@H]1O[Si](c1ccccc1)(c1ccccc1)C(C)(C)C)O[Si](c1ccccc1)(c1ccccc1)C(C)(C)C. The third-order valence-electron chi connectivity index (χ3n) is 13.8. The van der Waals surface area contributed by atoms with Gasteiger partial charge < -0.3 is 23.1 Å². The smallest absolute Gasteiger partial charge is 0.305 e. The predicted molar refractivity (Wildman–Crippen MR) is 260 cm³/mol. The van der Waals surface area contributed by atoms with Gasteiger partial charge >= 0.3 is 5.97 Å². The zero-order chi connectivity index (χ0) is 45.3. The minimum atomic E-state index is -3.00. The van der Waals surface area contributed by atoms with E-state index in [0.717, 1.165) is 25.7 Å². The van der Waals surface area contributed by atoms with E-state index in [0.29, 0.717) is 19.3 Å². The van der Waals surface area contributed by atoms with Gasteiger partial charge in [0, 0.05) is 25.9 Å². The Kier molecular flexibility index (Phi) is 16.3. The molecule has 1 heterocycles. The molecule has 7 atom stereocenters. The number of benzene rings is 4. The van der Waals surface area contributed by atoms with Gasteiger partial charge in [-0.1, -0.05) is 201 Å². The van der Waals surface area contributed by atoms with Crippen molar-refractivity contribution in [1.29, 1.82) is 0 Å². The summed E-state index contributed by atoms with van der Waals surface area (Å²) in [5.74, 6) is -1.97. The summed E-state index contributed by atoms with van der Waals surface area (Å²) < 4.78 is 50.1. The molecule has 0 unspecified atom stereocenters. The van der Waals surface area contributed by atoms with Crippen LogP contribution in [0.3, 0.4) is 0 Å². The molecule has 2 aliphatic rings. The summed E-state index contributed by atoms with van der Waals surface area (Å²) in [5, 5.41) is 4.51. The number of carbonyl (C=O) groups excluding carboxylic acids is 1. The largest absolute Gasteiger partial charge is 0.469 e. The third kappa shape index (κ3) is 10.4. The molecule has 9 heteroatoms. The van der Waals surface area contributed by atoms with Crippen molar-refractivity contribution in [1.82, 2.24) is 0 Å². The molecule has 1 aliphatic heterocycles. The van der Waals surface area contributed by atoms with Gasteiger partial charge in [0.15, 0.2) is 12.0 Å². The molecule has 63 heavy (non-hydrogen) atoms. The highest BCUT2D eigenvalue weighted by Gasteiger charge is 2.61. The van der Waals surface area contributed by atoms with E-state index in [9.17, 15) is 4.79 Å². The summed E-state index contributed by atoms with van der Waals surface area (Å²) in [4.78, 5) is 12.0. The lowest BCUT2D eigenvalue weighted by Crippen LogP contribution is -2.68. The summed E-state index contributed by atoms with van der Waals surface area (Å²) in [5.41, 5.74) is 0. The Hall–Kier alpha value is -3.71. The fraction of sp³-hybridized carbons (Fsp3) is 0.500. The van der Waals surface area contributed by atoms with Crippen LogP contribution >= 0.6 is 0 Å². The summed E-state index contributed by atoms with van der Waals surface area (Å²) in [6.07, 6.45) is 8.31. The molecule has 1 saturated heterocycles. The molecule has 0 bridgehead atoms. The quantitative estimate of drug-likeness (QED) is 0.0381. The maximum atomic E-state index is 16.6. The van der Waals surface area contributed by atoms with Crippen molar-refractivity contribution in [3.8, 4) is 0 Å². The normalized spacial score (nSPS) is 22.8. The Bertz CT molecular complexity index is 1960. The molecule has 4 aromatic rings. The number of ether oxygens (including phenoxy) is 3. The van der Waals surface area contributed by atoms with Crippen LogP contribution in [0, 0.1) is 11.8 Å². The van der Waals surface area contributed by atoms with Crippen LogP contribution in [0.4, 0.5) is 4.39 Å². The van der Waals surface area contributed by atoms with Crippen LogP contribution in [0.1, 0.15) is 106 Å². The van der Waals surface area contributed by atoms with E-state index < -0.39 is 28.6 Å². The molecule has 4 aromatic carbocycles. The van der Waals surface area contributed by atoms with E-state index >= 15 is 4.39 Å². The fourth-order valence-electron chi connectivity index (χ4n) is 10.6. The molecule has 1 saturated carbocycles. The molecule has 0 N–H and O–H groups in total. The van der Waals surface area contributed by atoms with Crippen LogP contribution in [0.5, 0.6) is 0 Å². The first-order chi connectivity index (χ1) is 30.2. The Labute approximate surface area is 380 Å². The molecule has 1 aliphatic carbocycles. The molecule has 0 spiro atoms. The Balaban J connectivity index is 1.46. The molecular formula is C54H73FO6Si2. The van der Waals surface area contributed by atoms with E-state index in [2.05, 4.69) is 182 Å². The number of methoxy groups -OCH3 is 2. The molecule has 0 aromatic heterocycles. The number of fused-ring (bicyclic) bond motifs is 1. The first-order valence-electron chi connectivity index (χ1n) is 23.4. The van der Waals surface area contributed by atoms with E-state index in [1.165, 1.54) is 27.9 Å². The van der Waals surface area contributed by atoms with E-state index in [1.807, 2.05) is 0 Å². The number of unbranched alkanes of at least 4 members (excludes halogenated alkanes) is 2. The zero-order valence-electron chi connectivity index (χ0n) is 39.4. The molecule has 340 valence electrons. The van der Waals surface area contributed by atoms with Gasteiger partial charge in [0.05, 0.1) is 25.4 Å². The second kappa shape index (κ2) is 21.1. The number of hydrogen-bond acceptors (Lipinski definition) is 6. The van der Waals surface area contributed by atoms with Gasteiger partial charge in [-0.15, -0.1) is 0 Å². The standard InChI is InChI=1S/C54H73FO6Si2/c1-10-11-16-26-41(60-62(52(2,3)4,42-27-17-12-18-28-42)43-29-19-13-20-30-43)37-38-46-47-40-54(58-9,50(55)35-25-36-51(56)57-8)59-48(47)39-49(46)61-63(53(5,6)7,44-31-21-14-22-32-44)45-33-23-15-24-34-45/h12-15,17-24,27-34,37-38,41,46-50H,10-11,16,25-26,35-36,39-40H2,1-9H3/b38-37+/t41-,46+,47+,48-,49+,50-,54-/m0/s1. The van der Waals surface area contributed by atoms with Crippen molar-refractivity contribution < 1.29 is 32.2 Å². The highest BCUT2D eigenvalue weighted by Crippen LogP contribution is 2.53. The maximum Gasteiger partial charge on any atom is 0.305 e. The number of esters is 1. The van der Waals surface area contributed by atoms with E-state index in [1.54, 1.807) is 7.11 Å². The minimum Gasteiger partial charge on any atom is -0.469 e. The van der Waals surface area contributed by atoms with Crippen LogP contribution in [0.15, 0.2) is 133 Å². The number of alkyl halides is 1. The van der Waals surface area contributed by atoms with E-state index in [-0.39, 0.29) is 59.0 Å². The van der Waals surface area contributed by atoms with Crippen LogP contribution in [0.2, 0.25) is 10.1 Å². The van der Waals surface area contributed by atoms with Crippen LogP contribution < -0.4 is 20.7 Å². The van der Waals surface area contributed by atoms with Crippen molar-refractivity contribution in [2.75, 3.05) is 14.2 Å². The average molecular weight is 893 g/mol. The summed E-state index contributed by atoms with van der Waals surface area (Å²) >= 11 is 0. The van der Waals surface area contributed by atoms with Crippen molar-refractivity contribution in [3.05, 3.63) is 133 Å². The second-order valence-electron chi connectivity index (χ2n) is 19.8. The molecule has 0 amide bonds. The average Bonchev–Trinajstić information content (AvgIpc) is 3.81. The van der Waals surface area contributed by atoms with Crippen LogP contribution in [-0.2, 0) is 27.9 Å². The van der Waals surface area contributed by atoms with Crippen LogP contribution in [-0.4, -0.2) is 67.1 Å². The van der Waals surface area contributed by atoms with Gasteiger partial charge in [-0.2, -0.15) is 0 Å². The van der Waals surface area contributed by atoms with Gasteiger partial charge in [0.2, 0.25) is 0 Å². The van der Waals surface area contributed by atoms with Crippen molar-refractivity contribution >= 4 is 43.4 Å². The Morgan fingerprint density at radius 1 is 0.746 bits per heavy atom. The molecular weight excluding hydrogens is 820 g/mol. The number of carbonyl (C=O) groups is 1. The molecule has 0 radical (unpaired) electrons. The van der Waals surface area contributed by atoms with Gasteiger partial charge in [-0.3, -0.25) is 4.79 Å². The van der Waals surface area contributed by atoms with Crippen molar-refractivity contribution in [2.24, 2.45) is 11.8 Å². The summed E-state index contributed by atoms with van der Waals surface area (Å²) in [6, 6.07) is 43.3. The fourth-order valence-corrected chi connectivity index (χ4v) is 20.0. The molecule has 6 rings (SSSR count). The van der Waals surface area contributed by atoms with Crippen molar-refractivity contribution in [3.63, 3.8) is 0 Å². The Morgan fingerprint density at radius 2 is 1.24 bits per heavy atom. The lowest BCUT2D eigenvalue weighted by Gasteiger charge is -2.46. The number of hydrogen-bond donors (Lipinski definition) is 0. The summed E-state index contributed by atoms with van der Waals surface area (Å²) in [7, 11) is -3.00. The lowest BCUT2D eigenvalue weighted by molar-refractivity contribution is -0.248. The second-order valence-corrected chi connectivity index (χ2v) is 28.3. The zero-order valence-corrected chi connectivity index (χ0v) is 41.4. The minimum absolute atomic E-state index is 0.0765. The van der Waals surface area contributed by atoms with Crippen molar-refractivity contribution in [2.45, 2.75) is 147 Å². The van der Waals surface area contributed by atoms with Gasteiger partial charge in [0.1, 0.15) is 0 Å². The monoisotopic (exact) mass is 892 g/mol. The maximum absolute atomic E-state index is 16.6. The van der Waals surface area contributed by atoms with Gasteiger partial charge in [0.25, 0.3) is 16.6 Å². The topological polar surface area (TPSA) is 63.2 Å². The highest BCUT2D eigenvalue weighted by molar-refractivity contribution is 7.00. The van der Waals surface area contributed by atoms with Gasteiger partial charge in [-0.05, 0) is 62.4 Å².